The van der Waals surface area contributed by atoms with Crippen molar-refractivity contribution in [3.63, 3.8) is 0 Å². The van der Waals surface area contributed by atoms with Gasteiger partial charge in [-0.25, -0.2) is 0 Å². The summed E-state index contributed by atoms with van der Waals surface area (Å²) in [7, 11) is 0. The molecule has 0 saturated heterocycles. The lowest BCUT2D eigenvalue weighted by Crippen LogP contribution is -2.15. The molecule has 2 atom stereocenters. The first-order valence-corrected chi connectivity index (χ1v) is 5.49. The molecule has 0 aromatic carbocycles. The first-order chi connectivity index (χ1) is 6.61. The Morgan fingerprint density at radius 1 is 1.36 bits per heavy atom. The zero-order valence-corrected chi connectivity index (χ0v) is 9.75. The highest BCUT2D eigenvalue weighted by molar-refractivity contribution is 4.97. The number of aliphatic hydroxyl groups excluding tert-OH is 1. The first-order valence-electron chi connectivity index (χ1n) is 5.49. The minimum Gasteiger partial charge on any atom is -0.396 e. The number of rotatable bonds is 8. The zero-order chi connectivity index (χ0) is 11.0. The molecule has 0 saturated carbocycles. The predicted octanol–water partition coefficient (Wildman–Crippen LogP) is 2.77. The van der Waals surface area contributed by atoms with E-state index in [1.54, 1.807) is 0 Å². The zero-order valence-electron chi connectivity index (χ0n) is 9.75. The average Bonchev–Trinajstić information content (AvgIpc) is 2.12. The van der Waals surface area contributed by atoms with E-state index in [1.165, 1.54) is 0 Å². The summed E-state index contributed by atoms with van der Waals surface area (Å²) < 4.78 is 5.57. The van der Waals surface area contributed by atoms with Crippen LogP contribution in [0.2, 0.25) is 0 Å². The average molecular weight is 200 g/mol. The predicted molar refractivity (Wildman–Crippen MR) is 60.3 cm³/mol. The van der Waals surface area contributed by atoms with Gasteiger partial charge < -0.3 is 9.84 Å². The Balaban J connectivity index is 3.75. The molecule has 0 amide bonds. The lowest BCUT2D eigenvalue weighted by Gasteiger charge is -2.19. The summed E-state index contributed by atoms with van der Waals surface area (Å²) in [5, 5.41) is 8.77. The molecular weight excluding hydrogens is 176 g/mol. The third kappa shape index (κ3) is 6.17. The number of hydrogen-bond donors (Lipinski definition) is 1. The van der Waals surface area contributed by atoms with E-state index in [9.17, 15) is 0 Å². The number of aliphatic hydroxyl groups is 1. The molecule has 0 fully saturated rings. The highest BCUT2D eigenvalue weighted by atomic mass is 16.5. The maximum Gasteiger partial charge on any atom is 0.0779 e. The molecular formula is C12H24O2. The molecule has 0 rings (SSSR count). The van der Waals surface area contributed by atoms with Crippen LogP contribution in [0.15, 0.2) is 12.2 Å². The fraction of sp³-hybridized carbons (Fsp3) is 0.833. The third-order valence-electron chi connectivity index (χ3n) is 2.46. The fourth-order valence-electron chi connectivity index (χ4n) is 1.47. The number of ether oxygens (including phenoxy) is 1. The lowest BCUT2D eigenvalue weighted by molar-refractivity contribution is 0.0768. The summed E-state index contributed by atoms with van der Waals surface area (Å²) in [6.07, 6.45) is 3.19. The van der Waals surface area contributed by atoms with E-state index >= 15 is 0 Å². The molecule has 84 valence electrons. The van der Waals surface area contributed by atoms with Crippen molar-refractivity contribution in [2.24, 2.45) is 5.92 Å². The SMILES string of the molecule is C=C(C)C(CCC(C)CCO)OCC. The Morgan fingerprint density at radius 2 is 2.00 bits per heavy atom. The Morgan fingerprint density at radius 3 is 2.43 bits per heavy atom. The van der Waals surface area contributed by atoms with Gasteiger partial charge in [0.2, 0.25) is 0 Å². The van der Waals surface area contributed by atoms with E-state index in [0.717, 1.165) is 31.4 Å². The smallest absolute Gasteiger partial charge is 0.0779 e. The van der Waals surface area contributed by atoms with Crippen molar-refractivity contribution in [3.8, 4) is 0 Å². The third-order valence-corrected chi connectivity index (χ3v) is 2.46. The summed E-state index contributed by atoms with van der Waals surface area (Å²) in [5.74, 6) is 0.572. The molecule has 0 heterocycles. The van der Waals surface area contributed by atoms with E-state index in [0.29, 0.717) is 5.92 Å². The summed E-state index contributed by atoms with van der Waals surface area (Å²) in [6.45, 7) is 11.1. The highest BCUT2D eigenvalue weighted by Crippen LogP contribution is 2.17. The standard InChI is InChI=1S/C12H24O2/c1-5-14-12(10(2)3)7-6-11(4)8-9-13/h11-13H,2,5-9H2,1,3-4H3. The first kappa shape index (κ1) is 13.7. The van der Waals surface area contributed by atoms with Crippen molar-refractivity contribution < 1.29 is 9.84 Å². The van der Waals surface area contributed by atoms with Crippen molar-refractivity contribution >= 4 is 0 Å². The Bertz CT molecular complexity index is 154. The van der Waals surface area contributed by atoms with Crippen molar-refractivity contribution in [1.82, 2.24) is 0 Å². The van der Waals surface area contributed by atoms with Crippen LogP contribution in [-0.2, 0) is 4.74 Å². The van der Waals surface area contributed by atoms with Gasteiger partial charge in [0.1, 0.15) is 0 Å². The molecule has 0 spiro atoms. The molecule has 2 nitrogen and oxygen atoms in total. The van der Waals surface area contributed by atoms with Crippen molar-refractivity contribution in [2.75, 3.05) is 13.2 Å². The van der Waals surface area contributed by atoms with Gasteiger partial charge in [-0.1, -0.05) is 19.1 Å². The molecule has 0 aromatic rings. The molecule has 0 aromatic heterocycles. The largest absolute Gasteiger partial charge is 0.396 e. The van der Waals surface area contributed by atoms with E-state index in [4.69, 9.17) is 9.84 Å². The molecule has 2 unspecified atom stereocenters. The van der Waals surface area contributed by atoms with Crippen LogP contribution in [0, 0.1) is 5.92 Å². The quantitative estimate of drug-likeness (QED) is 0.610. The van der Waals surface area contributed by atoms with Crippen LogP contribution >= 0.6 is 0 Å². The molecule has 0 aliphatic heterocycles. The minimum atomic E-state index is 0.196. The fourth-order valence-corrected chi connectivity index (χ4v) is 1.47. The minimum absolute atomic E-state index is 0.196. The molecule has 2 heteroatoms. The van der Waals surface area contributed by atoms with Crippen molar-refractivity contribution in [3.05, 3.63) is 12.2 Å². The highest BCUT2D eigenvalue weighted by Gasteiger charge is 2.11. The van der Waals surface area contributed by atoms with Crippen LogP contribution in [0.3, 0.4) is 0 Å². The van der Waals surface area contributed by atoms with Gasteiger partial charge in [-0.15, -0.1) is 0 Å². The lowest BCUT2D eigenvalue weighted by atomic mass is 9.98. The maximum absolute atomic E-state index is 8.77. The molecule has 1 N–H and O–H groups in total. The van der Waals surface area contributed by atoms with E-state index < -0.39 is 0 Å². The number of hydrogen-bond acceptors (Lipinski definition) is 2. The van der Waals surface area contributed by atoms with Crippen LogP contribution < -0.4 is 0 Å². The van der Waals surface area contributed by atoms with E-state index in [-0.39, 0.29) is 12.7 Å². The van der Waals surface area contributed by atoms with Crippen LogP contribution in [0.25, 0.3) is 0 Å². The molecule has 0 aliphatic carbocycles. The Labute approximate surface area is 88.0 Å². The summed E-state index contributed by atoms with van der Waals surface area (Å²) in [5.41, 5.74) is 1.10. The van der Waals surface area contributed by atoms with Crippen LogP contribution in [0.5, 0.6) is 0 Å². The van der Waals surface area contributed by atoms with E-state index in [1.807, 2.05) is 13.8 Å². The van der Waals surface area contributed by atoms with Gasteiger partial charge in [-0.3, -0.25) is 0 Å². The van der Waals surface area contributed by atoms with Crippen LogP contribution in [0.4, 0.5) is 0 Å². The van der Waals surface area contributed by atoms with Gasteiger partial charge >= 0.3 is 0 Å². The van der Waals surface area contributed by atoms with Gasteiger partial charge in [-0.05, 0) is 39.0 Å². The van der Waals surface area contributed by atoms with E-state index in [2.05, 4.69) is 13.5 Å². The van der Waals surface area contributed by atoms with Gasteiger partial charge in [0, 0.05) is 13.2 Å². The molecule has 14 heavy (non-hydrogen) atoms. The summed E-state index contributed by atoms with van der Waals surface area (Å²) >= 11 is 0. The van der Waals surface area contributed by atoms with Crippen LogP contribution in [0.1, 0.15) is 40.0 Å². The molecule has 0 aliphatic rings. The Hall–Kier alpha value is -0.340. The van der Waals surface area contributed by atoms with Crippen molar-refractivity contribution in [1.29, 1.82) is 0 Å². The molecule has 0 radical (unpaired) electrons. The van der Waals surface area contributed by atoms with Gasteiger partial charge in [0.05, 0.1) is 6.10 Å². The van der Waals surface area contributed by atoms with Gasteiger partial charge in [-0.2, -0.15) is 0 Å². The second kappa shape index (κ2) is 8.01. The van der Waals surface area contributed by atoms with Crippen LogP contribution in [-0.4, -0.2) is 24.4 Å². The Kier molecular flexibility index (Phi) is 7.81. The van der Waals surface area contributed by atoms with Gasteiger partial charge in [0.15, 0.2) is 0 Å². The second-order valence-corrected chi connectivity index (χ2v) is 3.99. The normalized spacial score (nSPS) is 15.1. The summed E-state index contributed by atoms with van der Waals surface area (Å²) in [4.78, 5) is 0. The topological polar surface area (TPSA) is 29.5 Å². The second-order valence-electron chi connectivity index (χ2n) is 3.99. The van der Waals surface area contributed by atoms with Crippen molar-refractivity contribution in [2.45, 2.75) is 46.1 Å². The monoisotopic (exact) mass is 200 g/mol. The molecule has 0 bridgehead atoms. The summed E-state index contributed by atoms with van der Waals surface area (Å²) in [6, 6.07) is 0. The van der Waals surface area contributed by atoms with Gasteiger partial charge in [0.25, 0.3) is 0 Å². The maximum atomic E-state index is 8.77.